The van der Waals surface area contributed by atoms with Crippen LogP contribution in [0.4, 0.5) is 5.69 Å². The zero-order valence-electron chi connectivity index (χ0n) is 18.1. The van der Waals surface area contributed by atoms with Crippen molar-refractivity contribution in [2.75, 3.05) is 25.3 Å². The minimum absolute atomic E-state index is 0.0407. The lowest BCUT2D eigenvalue weighted by Gasteiger charge is -2.10. The average molecular weight is 465 g/mol. The molecule has 0 atom stereocenters. The number of anilines is 1. The van der Waals surface area contributed by atoms with Crippen molar-refractivity contribution in [3.8, 4) is 0 Å². The van der Waals surface area contributed by atoms with Gasteiger partial charge in [0.2, 0.25) is 5.91 Å². The standard InChI is InChI=1S/C23H20N4O5S/c1-13-8-19-25-26-23(27(19)18-7-5-4-6-17(13)18)33-12-20(28)24-16-10-14(21(29)31-2)9-15(11-16)22(30)32-3/h4-11H,12H2,1-3H3,(H,24,28). The maximum atomic E-state index is 12.6. The van der Waals surface area contributed by atoms with Crippen molar-refractivity contribution in [1.29, 1.82) is 0 Å². The van der Waals surface area contributed by atoms with E-state index >= 15 is 0 Å². The number of carbonyl (C=O) groups excluding carboxylic acids is 3. The maximum absolute atomic E-state index is 12.6. The van der Waals surface area contributed by atoms with E-state index < -0.39 is 11.9 Å². The molecule has 0 spiro atoms. The van der Waals surface area contributed by atoms with E-state index in [0.29, 0.717) is 10.8 Å². The number of nitrogens with zero attached hydrogens (tertiary/aromatic N) is 3. The van der Waals surface area contributed by atoms with E-state index in [9.17, 15) is 14.4 Å². The smallest absolute Gasteiger partial charge is 0.337 e. The van der Waals surface area contributed by atoms with Gasteiger partial charge in [-0.05, 0) is 42.8 Å². The number of aryl methyl sites for hydroxylation is 1. The van der Waals surface area contributed by atoms with Gasteiger partial charge in [0.05, 0.1) is 36.6 Å². The van der Waals surface area contributed by atoms with E-state index in [1.165, 1.54) is 44.2 Å². The summed E-state index contributed by atoms with van der Waals surface area (Å²) in [6.07, 6.45) is 0. The van der Waals surface area contributed by atoms with Crippen LogP contribution in [0.2, 0.25) is 0 Å². The zero-order chi connectivity index (χ0) is 23.5. The monoisotopic (exact) mass is 464 g/mol. The van der Waals surface area contributed by atoms with Gasteiger partial charge in [-0.3, -0.25) is 9.20 Å². The molecule has 33 heavy (non-hydrogen) atoms. The molecule has 0 aliphatic rings. The van der Waals surface area contributed by atoms with Crippen LogP contribution in [0.1, 0.15) is 26.3 Å². The van der Waals surface area contributed by atoms with Crippen LogP contribution in [-0.4, -0.2) is 52.4 Å². The number of esters is 2. The summed E-state index contributed by atoms with van der Waals surface area (Å²) in [7, 11) is 2.46. The normalized spacial score (nSPS) is 10.9. The number of pyridine rings is 1. The quantitative estimate of drug-likeness (QED) is 0.341. The van der Waals surface area contributed by atoms with Crippen LogP contribution in [0.25, 0.3) is 16.6 Å². The van der Waals surface area contributed by atoms with Crippen LogP contribution in [0, 0.1) is 6.92 Å². The van der Waals surface area contributed by atoms with Crippen LogP contribution >= 0.6 is 11.8 Å². The number of para-hydroxylation sites is 1. The van der Waals surface area contributed by atoms with Gasteiger partial charge in [0.25, 0.3) is 0 Å². The molecule has 4 aromatic rings. The number of thioether (sulfide) groups is 1. The number of nitrogens with one attached hydrogen (secondary N) is 1. The number of rotatable bonds is 6. The van der Waals surface area contributed by atoms with Gasteiger partial charge < -0.3 is 14.8 Å². The summed E-state index contributed by atoms with van der Waals surface area (Å²) in [5.74, 6) is -1.57. The molecule has 10 heteroatoms. The van der Waals surface area contributed by atoms with Crippen molar-refractivity contribution in [2.24, 2.45) is 0 Å². The van der Waals surface area contributed by atoms with E-state index in [4.69, 9.17) is 9.47 Å². The van der Waals surface area contributed by atoms with E-state index in [1.807, 2.05) is 41.7 Å². The van der Waals surface area contributed by atoms with Crippen LogP contribution in [0.5, 0.6) is 0 Å². The molecule has 2 aromatic heterocycles. The highest BCUT2D eigenvalue weighted by Crippen LogP contribution is 2.26. The predicted molar refractivity (Wildman–Crippen MR) is 124 cm³/mol. The molecule has 0 fully saturated rings. The summed E-state index contributed by atoms with van der Waals surface area (Å²) in [6, 6.07) is 14.1. The third-order valence-corrected chi connectivity index (χ3v) is 5.89. The van der Waals surface area contributed by atoms with Crippen molar-refractivity contribution >= 4 is 51.8 Å². The van der Waals surface area contributed by atoms with Crippen molar-refractivity contribution < 1.29 is 23.9 Å². The largest absolute Gasteiger partial charge is 0.465 e. The van der Waals surface area contributed by atoms with Crippen molar-refractivity contribution in [1.82, 2.24) is 14.6 Å². The van der Waals surface area contributed by atoms with Gasteiger partial charge >= 0.3 is 11.9 Å². The van der Waals surface area contributed by atoms with Gasteiger partial charge in [-0.15, -0.1) is 10.2 Å². The Labute approximate surface area is 193 Å². The Morgan fingerprint density at radius 2 is 1.64 bits per heavy atom. The summed E-state index contributed by atoms with van der Waals surface area (Å²) in [6.45, 7) is 2.02. The second-order valence-electron chi connectivity index (χ2n) is 7.14. The lowest BCUT2D eigenvalue weighted by Crippen LogP contribution is -2.16. The molecular formula is C23H20N4O5S. The molecule has 1 N–H and O–H groups in total. The first kappa shape index (κ1) is 22.3. The Balaban J connectivity index is 1.56. The van der Waals surface area contributed by atoms with Gasteiger partial charge in [-0.2, -0.15) is 0 Å². The molecule has 2 aromatic carbocycles. The summed E-state index contributed by atoms with van der Waals surface area (Å²) < 4.78 is 11.3. The molecule has 0 aliphatic heterocycles. The molecular weight excluding hydrogens is 444 g/mol. The molecule has 0 radical (unpaired) electrons. The zero-order valence-corrected chi connectivity index (χ0v) is 18.9. The number of aromatic nitrogens is 3. The van der Waals surface area contributed by atoms with Crippen molar-refractivity contribution in [3.05, 3.63) is 65.2 Å². The van der Waals surface area contributed by atoms with E-state index in [2.05, 4.69) is 15.5 Å². The Bertz CT molecular complexity index is 1360. The number of hydrogen-bond acceptors (Lipinski definition) is 8. The van der Waals surface area contributed by atoms with Crippen LogP contribution in [-0.2, 0) is 14.3 Å². The number of ether oxygens (including phenoxy) is 2. The first-order chi connectivity index (χ1) is 15.9. The molecule has 0 aliphatic carbocycles. The van der Waals surface area contributed by atoms with Gasteiger partial charge in [-0.1, -0.05) is 30.0 Å². The highest BCUT2D eigenvalue weighted by molar-refractivity contribution is 7.99. The topological polar surface area (TPSA) is 112 Å². The Hall–Kier alpha value is -3.92. The third-order valence-electron chi connectivity index (χ3n) is 4.97. The number of hydrogen-bond donors (Lipinski definition) is 1. The molecule has 0 saturated carbocycles. The fourth-order valence-electron chi connectivity index (χ4n) is 3.47. The fourth-order valence-corrected chi connectivity index (χ4v) is 4.22. The van der Waals surface area contributed by atoms with Gasteiger partial charge in [0.1, 0.15) is 0 Å². The van der Waals surface area contributed by atoms with E-state index in [1.54, 1.807) is 0 Å². The summed E-state index contributed by atoms with van der Waals surface area (Å²) >= 11 is 1.23. The Morgan fingerprint density at radius 3 is 2.30 bits per heavy atom. The first-order valence-corrected chi connectivity index (χ1v) is 10.9. The highest BCUT2D eigenvalue weighted by Gasteiger charge is 2.16. The SMILES string of the molecule is COC(=O)c1cc(NC(=O)CSc2nnc3cc(C)c4ccccc4n23)cc(C(=O)OC)c1. The maximum Gasteiger partial charge on any atom is 0.337 e. The summed E-state index contributed by atoms with van der Waals surface area (Å²) in [5.41, 5.74) is 3.25. The van der Waals surface area contributed by atoms with Gasteiger partial charge in [0.15, 0.2) is 10.8 Å². The second kappa shape index (κ2) is 9.29. The molecule has 4 rings (SSSR count). The second-order valence-corrected chi connectivity index (χ2v) is 8.08. The van der Waals surface area contributed by atoms with Crippen LogP contribution in [0.15, 0.2) is 53.7 Å². The highest BCUT2D eigenvalue weighted by atomic mass is 32.2. The van der Waals surface area contributed by atoms with E-state index in [0.717, 1.165) is 16.5 Å². The van der Waals surface area contributed by atoms with Gasteiger partial charge in [-0.25, -0.2) is 9.59 Å². The van der Waals surface area contributed by atoms with Crippen molar-refractivity contribution in [2.45, 2.75) is 12.1 Å². The number of carbonyl (C=O) groups is 3. The van der Waals surface area contributed by atoms with Crippen LogP contribution in [0.3, 0.4) is 0 Å². The molecule has 0 unspecified atom stereocenters. The molecule has 168 valence electrons. The minimum atomic E-state index is -0.636. The molecule has 0 saturated heterocycles. The average Bonchev–Trinajstić information content (AvgIpc) is 3.24. The fraction of sp³-hybridized carbons (Fsp3) is 0.174. The number of methoxy groups -OCH3 is 2. The van der Waals surface area contributed by atoms with Gasteiger partial charge in [0, 0.05) is 11.1 Å². The molecule has 1 amide bonds. The molecule has 2 heterocycles. The molecule has 9 nitrogen and oxygen atoms in total. The Kier molecular flexibility index (Phi) is 6.27. The lowest BCUT2D eigenvalue weighted by molar-refractivity contribution is -0.113. The Morgan fingerprint density at radius 1 is 0.970 bits per heavy atom. The predicted octanol–water partition coefficient (Wildman–Crippen LogP) is 3.49. The number of fused-ring (bicyclic) bond motifs is 3. The summed E-state index contributed by atoms with van der Waals surface area (Å²) in [4.78, 5) is 36.5. The van der Waals surface area contributed by atoms with Crippen LogP contribution < -0.4 is 5.32 Å². The van der Waals surface area contributed by atoms with E-state index in [-0.39, 0.29) is 28.5 Å². The lowest BCUT2D eigenvalue weighted by atomic mass is 10.1. The summed E-state index contributed by atoms with van der Waals surface area (Å²) in [5, 5.41) is 12.8. The van der Waals surface area contributed by atoms with Crippen molar-refractivity contribution in [3.63, 3.8) is 0 Å². The number of amides is 1. The molecule has 0 bridgehead atoms. The minimum Gasteiger partial charge on any atom is -0.465 e. The third kappa shape index (κ3) is 4.51. The first-order valence-electron chi connectivity index (χ1n) is 9.89. The number of benzene rings is 2.